The first-order valence-electron chi connectivity index (χ1n) is 13.4. The van der Waals surface area contributed by atoms with Crippen LogP contribution >= 0.6 is 0 Å². The van der Waals surface area contributed by atoms with E-state index in [2.05, 4.69) is 0 Å². The normalized spacial score (nSPS) is 19.5. The molecule has 2 heterocycles. The van der Waals surface area contributed by atoms with Crippen molar-refractivity contribution < 1.29 is 17.2 Å². The van der Waals surface area contributed by atoms with Gasteiger partial charge in [-0.1, -0.05) is 48.0 Å². The van der Waals surface area contributed by atoms with Crippen LogP contribution in [0.4, 0.5) is 8.78 Å². The molecular weight excluding hydrogens is 544 g/mol. The van der Waals surface area contributed by atoms with Crippen molar-refractivity contribution in [2.24, 2.45) is 11.5 Å². The molecule has 0 aliphatic heterocycles. The minimum absolute atomic E-state index is 0.0285. The second-order valence-corrected chi connectivity index (χ2v) is 12.6. The zero-order valence-corrected chi connectivity index (χ0v) is 23.2. The minimum atomic E-state index is -4.26. The topological polar surface area (TPSA) is 117 Å². The molecule has 0 saturated heterocycles. The quantitative estimate of drug-likeness (QED) is 0.281. The molecule has 210 valence electrons. The third-order valence-electron chi connectivity index (χ3n) is 7.73. The Morgan fingerprint density at radius 1 is 1.00 bits per heavy atom. The molecule has 2 unspecified atom stereocenters. The van der Waals surface area contributed by atoms with Crippen LogP contribution in [-0.2, 0) is 15.6 Å². The Kier molecular flexibility index (Phi) is 6.72. The van der Waals surface area contributed by atoms with Crippen LogP contribution in [0, 0.1) is 18.6 Å². The molecule has 0 amide bonds. The number of hydrogen-bond acceptors (Lipinski definition) is 6. The van der Waals surface area contributed by atoms with Gasteiger partial charge in [0, 0.05) is 34.8 Å². The largest absolute Gasteiger partial charge is 0.328 e. The van der Waals surface area contributed by atoms with Gasteiger partial charge in [-0.3, -0.25) is 0 Å². The predicted octanol–water partition coefficient (Wildman–Crippen LogP) is 5.64. The number of nitrogens with zero attached hydrogens (tertiary/aromatic N) is 3. The summed E-state index contributed by atoms with van der Waals surface area (Å²) in [6.45, 7) is 1.83. The van der Waals surface area contributed by atoms with Gasteiger partial charge in [0.2, 0.25) is 0 Å². The third kappa shape index (κ3) is 4.92. The van der Waals surface area contributed by atoms with Crippen LogP contribution in [0.2, 0.25) is 0 Å². The Bertz CT molecular complexity index is 1870. The van der Waals surface area contributed by atoms with E-state index in [0.29, 0.717) is 30.3 Å². The molecule has 41 heavy (non-hydrogen) atoms. The molecule has 1 aliphatic carbocycles. The van der Waals surface area contributed by atoms with E-state index in [-0.39, 0.29) is 33.2 Å². The highest BCUT2D eigenvalue weighted by atomic mass is 32.2. The summed E-state index contributed by atoms with van der Waals surface area (Å²) >= 11 is 0. The van der Waals surface area contributed by atoms with Crippen LogP contribution in [0.1, 0.15) is 36.9 Å². The lowest BCUT2D eigenvalue weighted by Crippen LogP contribution is -2.46. The maximum absolute atomic E-state index is 15.4. The zero-order valence-electron chi connectivity index (χ0n) is 22.4. The third-order valence-corrected chi connectivity index (χ3v) is 9.41. The number of rotatable bonds is 5. The standard InChI is InChI=1S/C31H29F2N5O2S/c1-19-9-11-23(12-10-19)41(39,40)38-18-25(24-14-21(32)15-26(33)29(24)38)30-36-27(20-6-3-2-4-7-20)16-28(37-30)31(35)13-5-8-22(34)17-31/h2-4,6-7,9-12,14-16,18,22H,5,8,13,17,34-35H2,1H3. The van der Waals surface area contributed by atoms with Crippen LogP contribution in [0.25, 0.3) is 33.5 Å². The number of aryl methyl sites for hydroxylation is 1. The number of benzene rings is 3. The van der Waals surface area contributed by atoms with E-state index in [1.165, 1.54) is 18.3 Å². The molecule has 0 bridgehead atoms. The smallest absolute Gasteiger partial charge is 0.268 e. The molecule has 2 atom stereocenters. The number of halogens is 2. The van der Waals surface area contributed by atoms with Gasteiger partial charge in [0.1, 0.15) is 11.3 Å². The fraction of sp³-hybridized carbons (Fsp3) is 0.226. The fourth-order valence-electron chi connectivity index (χ4n) is 5.60. The van der Waals surface area contributed by atoms with Crippen LogP contribution in [0.5, 0.6) is 0 Å². The highest BCUT2D eigenvalue weighted by Gasteiger charge is 2.36. The number of aromatic nitrogens is 3. The number of hydrogen-bond donors (Lipinski definition) is 2. The van der Waals surface area contributed by atoms with E-state index in [1.54, 1.807) is 12.1 Å². The molecule has 3 aromatic carbocycles. The molecule has 7 nitrogen and oxygen atoms in total. The van der Waals surface area contributed by atoms with E-state index < -0.39 is 27.2 Å². The van der Waals surface area contributed by atoms with Crippen LogP contribution < -0.4 is 11.5 Å². The van der Waals surface area contributed by atoms with E-state index in [4.69, 9.17) is 21.4 Å². The molecular formula is C31H29F2N5O2S. The van der Waals surface area contributed by atoms with Crippen molar-refractivity contribution in [3.05, 3.63) is 102 Å². The van der Waals surface area contributed by atoms with Crippen molar-refractivity contribution >= 4 is 20.9 Å². The average Bonchev–Trinajstić information content (AvgIpc) is 3.34. The van der Waals surface area contributed by atoms with Crippen LogP contribution in [-0.4, -0.2) is 28.4 Å². The maximum Gasteiger partial charge on any atom is 0.268 e. The molecule has 6 rings (SSSR count). The summed E-state index contributed by atoms with van der Waals surface area (Å²) in [5.74, 6) is -1.76. The van der Waals surface area contributed by atoms with Crippen molar-refractivity contribution in [3.8, 4) is 22.6 Å². The van der Waals surface area contributed by atoms with E-state index in [9.17, 15) is 12.8 Å². The summed E-state index contributed by atoms with van der Waals surface area (Å²) in [4.78, 5) is 9.53. The summed E-state index contributed by atoms with van der Waals surface area (Å²) in [6.07, 6.45) is 4.09. The van der Waals surface area contributed by atoms with E-state index >= 15 is 4.39 Å². The van der Waals surface area contributed by atoms with Crippen LogP contribution in [0.3, 0.4) is 0 Å². The van der Waals surface area contributed by atoms with Gasteiger partial charge in [-0.25, -0.2) is 31.1 Å². The summed E-state index contributed by atoms with van der Waals surface area (Å²) in [7, 11) is -4.26. The Balaban J connectivity index is 1.62. The lowest BCUT2D eigenvalue weighted by atomic mass is 9.77. The Morgan fingerprint density at radius 3 is 2.44 bits per heavy atom. The first kappa shape index (κ1) is 27.2. The van der Waals surface area contributed by atoms with Gasteiger partial charge in [0.25, 0.3) is 10.0 Å². The van der Waals surface area contributed by atoms with Gasteiger partial charge in [-0.2, -0.15) is 0 Å². The Morgan fingerprint density at radius 2 is 1.73 bits per heavy atom. The second kappa shape index (κ2) is 10.1. The molecule has 0 radical (unpaired) electrons. The van der Waals surface area contributed by atoms with E-state index in [0.717, 1.165) is 34.0 Å². The SMILES string of the molecule is Cc1ccc(S(=O)(=O)n2cc(-c3nc(-c4ccccc4)cc(C4(N)CCCC(N)C4)n3)c3cc(F)cc(F)c32)cc1. The van der Waals surface area contributed by atoms with Crippen molar-refractivity contribution in [1.82, 2.24) is 13.9 Å². The van der Waals surface area contributed by atoms with E-state index in [1.807, 2.05) is 43.3 Å². The zero-order chi connectivity index (χ0) is 28.9. The lowest BCUT2D eigenvalue weighted by Gasteiger charge is -2.36. The molecule has 0 spiro atoms. The van der Waals surface area contributed by atoms with Gasteiger partial charge in [-0.15, -0.1) is 0 Å². The first-order valence-corrected chi connectivity index (χ1v) is 14.8. The molecule has 4 N–H and O–H groups in total. The minimum Gasteiger partial charge on any atom is -0.328 e. The molecule has 5 aromatic rings. The van der Waals surface area contributed by atoms with Gasteiger partial charge >= 0.3 is 0 Å². The van der Waals surface area contributed by atoms with Crippen molar-refractivity contribution in [1.29, 1.82) is 0 Å². The van der Waals surface area contributed by atoms with Crippen molar-refractivity contribution in [2.45, 2.75) is 49.1 Å². The first-order chi connectivity index (χ1) is 19.5. The van der Waals surface area contributed by atoms with Gasteiger partial charge in [0.05, 0.1) is 21.8 Å². The molecule has 1 fully saturated rings. The number of fused-ring (bicyclic) bond motifs is 1. The van der Waals surface area contributed by atoms with Gasteiger partial charge < -0.3 is 11.5 Å². The lowest BCUT2D eigenvalue weighted by molar-refractivity contribution is 0.267. The van der Waals surface area contributed by atoms with Crippen molar-refractivity contribution in [3.63, 3.8) is 0 Å². The van der Waals surface area contributed by atoms with Gasteiger partial charge in [-0.05, 0) is 56.9 Å². The average molecular weight is 574 g/mol. The molecule has 2 aromatic heterocycles. The molecule has 1 aliphatic rings. The summed E-state index contributed by atoms with van der Waals surface area (Å²) in [5, 5.41) is 0.0285. The fourth-order valence-corrected chi connectivity index (χ4v) is 6.98. The highest BCUT2D eigenvalue weighted by Crippen LogP contribution is 2.38. The maximum atomic E-state index is 15.4. The molecule has 1 saturated carbocycles. The van der Waals surface area contributed by atoms with Crippen LogP contribution in [0.15, 0.2) is 83.9 Å². The molecule has 10 heteroatoms. The predicted molar refractivity (Wildman–Crippen MR) is 154 cm³/mol. The monoisotopic (exact) mass is 573 g/mol. The van der Waals surface area contributed by atoms with Gasteiger partial charge in [0.15, 0.2) is 11.6 Å². The second-order valence-electron chi connectivity index (χ2n) is 10.8. The Hall–Kier alpha value is -3.99. The summed E-state index contributed by atoms with van der Waals surface area (Å²) in [5.41, 5.74) is 15.0. The van der Waals surface area contributed by atoms with Crippen molar-refractivity contribution in [2.75, 3.05) is 0 Å². The summed E-state index contributed by atoms with van der Waals surface area (Å²) < 4.78 is 58.3. The summed E-state index contributed by atoms with van der Waals surface area (Å²) in [6, 6.07) is 19.1. The Labute approximate surface area is 236 Å². The highest BCUT2D eigenvalue weighted by molar-refractivity contribution is 7.90. The number of nitrogens with two attached hydrogens (primary N) is 2.